The van der Waals surface area contributed by atoms with Crippen LogP contribution in [0, 0.1) is 16.2 Å². The average Bonchev–Trinajstić information content (AvgIpc) is 3.08. The number of hydrogen-bond acceptors (Lipinski definition) is 8. The highest BCUT2D eigenvalue weighted by Gasteiger charge is 2.23. The van der Waals surface area contributed by atoms with Crippen LogP contribution in [-0.4, -0.2) is 67.4 Å². The van der Waals surface area contributed by atoms with Gasteiger partial charge in [-0.05, 0) is 42.5 Å². The lowest BCUT2D eigenvalue weighted by Gasteiger charge is -2.35. The Kier molecular flexibility index (Phi) is 5.81. The van der Waals surface area contributed by atoms with Crippen molar-refractivity contribution in [3.05, 3.63) is 46.9 Å². The zero-order valence-corrected chi connectivity index (χ0v) is 18.9. The van der Waals surface area contributed by atoms with Gasteiger partial charge in [0.05, 0.1) is 22.6 Å². The summed E-state index contributed by atoms with van der Waals surface area (Å²) in [5.41, 5.74) is 1.76. The minimum Gasteiger partial charge on any atom is -0.429 e. The van der Waals surface area contributed by atoms with Gasteiger partial charge in [0.1, 0.15) is 11.9 Å². The highest BCUT2D eigenvalue weighted by atomic mass is 32.2. The van der Waals surface area contributed by atoms with Crippen LogP contribution in [0.4, 0.5) is 5.82 Å². The molecule has 0 amide bonds. The van der Waals surface area contributed by atoms with Crippen molar-refractivity contribution in [2.24, 2.45) is 0 Å². The van der Waals surface area contributed by atoms with E-state index in [0.29, 0.717) is 34.0 Å². The van der Waals surface area contributed by atoms with E-state index in [2.05, 4.69) is 20.9 Å². The van der Waals surface area contributed by atoms with Gasteiger partial charge >= 0.3 is 0 Å². The molecule has 0 saturated carbocycles. The van der Waals surface area contributed by atoms with E-state index >= 15 is 0 Å². The molecule has 11 heteroatoms. The molecule has 1 fully saturated rings. The number of hydrogen-bond donors (Lipinski definition) is 0. The largest absolute Gasteiger partial charge is 0.429 e. The topological polar surface area (TPSA) is 98.6 Å². The Labute approximate surface area is 185 Å². The van der Waals surface area contributed by atoms with Crippen molar-refractivity contribution < 1.29 is 12.8 Å². The first-order chi connectivity index (χ1) is 14.8. The second-order valence-electron chi connectivity index (χ2n) is 7.45. The van der Waals surface area contributed by atoms with Gasteiger partial charge in [-0.2, -0.15) is 5.26 Å². The summed E-state index contributed by atoms with van der Waals surface area (Å²) in [6.45, 7) is 3.40. The summed E-state index contributed by atoms with van der Waals surface area (Å²) >= 11 is 5.40. The number of sulfonamides is 1. The summed E-state index contributed by atoms with van der Waals surface area (Å²) < 4.78 is 33.7. The van der Waals surface area contributed by atoms with E-state index in [4.69, 9.17) is 16.6 Å². The van der Waals surface area contributed by atoms with Crippen molar-refractivity contribution in [3.8, 4) is 6.07 Å². The van der Waals surface area contributed by atoms with Gasteiger partial charge in [-0.1, -0.05) is 0 Å². The van der Waals surface area contributed by atoms with E-state index in [0.717, 1.165) is 26.2 Å². The molecule has 0 unspecified atom stereocenters. The molecule has 0 aliphatic carbocycles. The van der Waals surface area contributed by atoms with Crippen LogP contribution >= 0.6 is 12.2 Å². The molecule has 1 saturated heterocycles. The predicted octanol–water partition coefficient (Wildman–Crippen LogP) is 2.26. The molecule has 9 nitrogen and oxygen atoms in total. The Morgan fingerprint density at radius 3 is 2.65 bits per heavy atom. The third-order valence-electron chi connectivity index (χ3n) is 5.34. The smallest absolute Gasteiger partial charge is 0.270 e. The first-order valence-electron chi connectivity index (χ1n) is 9.69. The van der Waals surface area contributed by atoms with Crippen molar-refractivity contribution in [1.29, 1.82) is 5.26 Å². The summed E-state index contributed by atoms with van der Waals surface area (Å²) in [5.74, 6) is 0.702. The fourth-order valence-corrected chi connectivity index (χ4v) is 4.75. The quantitative estimate of drug-likeness (QED) is 0.537. The number of rotatable bonds is 5. The third-order valence-corrected chi connectivity index (χ3v) is 7.45. The lowest BCUT2D eigenvalue weighted by molar-refractivity contribution is 0.204. The number of anilines is 1. The Hall–Kier alpha value is -2.78. The van der Waals surface area contributed by atoms with Gasteiger partial charge in [0.15, 0.2) is 5.58 Å². The van der Waals surface area contributed by atoms with Crippen LogP contribution in [-0.2, 0) is 16.7 Å². The molecule has 0 atom stereocenters. The molecule has 4 rings (SSSR count). The molecule has 162 valence electrons. The maximum atomic E-state index is 12.5. The summed E-state index contributed by atoms with van der Waals surface area (Å²) in [7, 11) is -0.562. The lowest BCUT2D eigenvalue weighted by Crippen LogP contribution is -2.47. The number of nitriles is 1. The van der Waals surface area contributed by atoms with Crippen LogP contribution in [0.2, 0.25) is 0 Å². The van der Waals surface area contributed by atoms with Gasteiger partial charge in [-0.15, -0.1) is 0 Å². The Morgan fingerprint density at radius 2 is 1.97 bits per heavy atom. The molecule has 0 spiro atoms. The fourth-order valence-electron chi connectivity index (χ4n) is 3.58. The lowest BCUT2D eigenvalue weighted by atomic mass is 10.2. The molecule has 1 aromatic carbocycles. The SMILES string of the molecule is CN(C)S(=O)(=O)c1ccc2oc(=S)n(CN3CCN(c4ncccc4C#N)CC3)c2c1. The number of benzene rings is 1. The number of aromatic nitrogens is 2. The van der Waals surface area contributed by atoms with Crippen molar-refractivity contribution in [1.82, 2.24) is 18.8 Å². The van der Waals surface area contributed by atoms with Crippen LogP contribution in [0.1, 0.15) is 5.56 Å². The standard InChI is InChI=1S/C20H22N6O3S2/c1-23(2)31(27,28)16-5-6-18-17(12-16)26(20(30)29-18)14-24-8-10-25(11-9-24)19-15(13-21)4-3-7-22-19/h3-7,12H,8-11,14H2,1-2H3. The molecular formula is C20H22N6O3S2. The van der Waals surface area contributed by atoms with Gasteiger partial charge in [0.25, 0.3) is 4.84 Å². The Morgan fingerprint density at radius 1 is 1.23 bits per heavy atom. The molecule has 3 aromatic rings. The van der Waals surface area contributed by atoms with Gasteiger partial charge in [0.2, 0.25) is 10.0 Å². The molecule has 31 heavy (non-hydrogen) atoms. The predicted molar refractivity (Wildman–Crippen MR) is 119 cm³/mol. The Balaban J connectivity index is 1.55. The van der Waals surface area contributed by atoms with Gasteiger partial charge in [-0.3, -0.25) is 9.47 Å². The maximum absolute atomic E-state index is 12.5. The van der Waals surface area contributed by atoms with Crippen LogP contribution in [0.25, 0.3) is 11.1 Å². The van der Waals surface area contributed by atoms with E-state index in [1.165, 1.54) is 24.5 Å². The summed E-state index contributed by atoms with van der Waals surface area (Å²) in [6, 6.07) is 10.5. The second kappa shape index (κ2) is 8.39. The molecule has 0 N–H and O–H groups in total. The van der Waals surface area contributed by atoms with Crippen LogP contribution in [0.3, 0.4) is 0 Å². The number of oxazole rings is 1. The molecule has 0 radical (unpaired) electrons. The molecule has 1 aliphatic heterocycles. The minimum absolute atomic E-state index is 0.193. The maximum Gasteiger partial charge on any atom is 0.270 e. The number of piperazine rings is 1. The molecule has 3 heterocycles. The van der Waals surface area contributed by atoms with Crippen LogP contribution < -0.4 is 4.90 Å². The average molecular weight is 459 g/mol. The monoisotopic (exact) mass is 458 g/mol. The number of pyridine rings is 1. The first-order valence-corrected chi connectivity index (χ1v) is 11.5. The van der Waals surface area contributed by atoms with Gasteiger partial charge in [-0.25, -0.2) is 17.7 Å². The van der Waals surface area contributed by atoms with E-state index in [-0.39, 0.29) is 4.90 Å². The zero-order valence-electron chi connectivity index (χ0n) is 17.2. The fraction of sp³-hybridized carbons (Fsp3) is 0.350. The van der Waals surface area contributed by atoms with E-state index in [1.807, 2.05) is 4.57 Å². The molecule has 2 aromatic heterocycles. The van der Waals surface area contributed by atoms with E-state index in [1.54, 1.807) is 30.5 Å². The van der Waals surface area contributed by atoms with Crippen molar-refractivity contribution in [2.75, 3.05) is 45.2 Å². The van der Waals surface area contributed by atoms with Gasteiger partial charge in [0, 0.05) is 46.5 Å². The number of fused-ring (bicyclic) bond motifs is 1. The minimum atomic E-state index is -3.56. The highest BCUT2D eigenvalue weighted by molar-refractivity contribution is 7.89. The Bertz CT molecular complexity index is 1310. The molecule has 0 bridgehead atoms. The van der Waals surface area contributed by atoms with Crippen molar-refractivity contribution >= 4 is 39.2 Å². The summed E-state index contributed by atoms with van der Waals surface area (Å²) in [4.78, 5) is 9.17. The zero-order chi connectivity index (χ0) is 22.2. The van der Waals surface area contributed by atoms with Gasteiger partial charge < -0.3 is 9.32 Å². The van der Waals surface area contributed by atoms with Crippen molar-refractivity contribution in [3.63, 3.8) is 0 Å². The summed E-state index contributed by atoms with van der Waals surface area (Å²) in [6.07, 6.45) is 1.69. The van der Waals surface area contributed by atoms with E-state index < -0.39 is 10.0 Å². The van der Waals surface area contributed by atoms with E-state index in [9.17, 15) is 13.7 Å². The summed E-state index contributed by atoms with van der Waals surface area (Å²) in [5, 5.41) is 9.32. The van der Waals surface area contributed by atoms with Crippen LogP contribution in [0.5, 0.6) is 0 Å². The third kappa shape index (κ3) is 4.07. The van der Waals surface area contributed by atoms with Crippen LogP contribution in [0.15, 0.2) is 45.8 Å². The van der Waals surface area contributed by atoms with Crippen molar-refractivity contribution in [2.45, 2.75) is 11.6 Å². The highest BCUT2D eigenvalue weighted by Crippen LogP contribution is 2.24. The molecular weight excluding hydrogens is 436 g/mol. The first kappa shape index (κ1) is 21.5. The normalized spacial score (nSPS) is 15.5. The second-order valence-corrected chi connectivity index (χ2v) is 9.95. The molecule has 1 aliphatic rings. The number of nitrogens with zero attached hydrogens (tertiary/aromatic N) is 6.